The Morgan fingerprint density at radius 2 is 1.67 bits per heavy atom. The van der Waals surface area contributed by atoms with Crippen LogP contribution >= 0.6 is 0 Å². The first-order chi connectivity index (χ1) is 20.7. The summed E-state index contributed by atoms with van der Waals surface area (Å²) in [4.78, 5) is 39.3. The summed E-state index contributed by atoms with van der Waals surface area (Å²) in [6.45, 7) is 3.47. The van der Waals surface area contributed by atoms with Gasteiger partial charge in [0.2, 0.25) is 11.8 Å². The van der Waals surface area contributed by atoms with Crippen LogP contribution in [-0.4, -0.2) is 57.9 Å². The van der Waals surface area contributed by atoms with Gasteiger partial charge in [-0.3, -0.25) is 9.59 Å². The molecule has 3 N–H and O–H groups in total. The number of amides is 3. The highest BCUT2D eigenvalue weighted by atomic mass is 16.5. The summed E-state index contributed by atoms with van der Waals surface area (Å²) in [5.74, 6) is -3.71. The van der Waals surface area contributed by atoms with Crippen molar-refractivity contribution in [2.75, 3.05) is 13.7 Å². The van der Waals surface area contributed by atoms with Gasteiger partial charge in [-0.15, -0.1) is 0 Å². The van der Waals surface area contributed by atoms with E-state index in [2.05, 4.69) is 10.8 Å². The van der Waals surface area contributed by atoms with E-state index < -0.39 is 48.4 Å². The number of hydrogen-bond acceptors (Lipinski definition) is 7. The monoisotopic (exact) mass is 583 g/mol. The van der Waals surface area contributed by atoms with Crippen molar-refractivity contribution in [2.24, 2.45) is 23.7 Å². The number of rotatable bonds is 8. The van der Waals surface area contributed by atoms with Crippen molar-refractivity contribution < 1.29 is 34.4 Å². The molecule has 3 aromatic rings. The zero-order valence-corrected chi connectivity index (χ0v) is 24.6. The van der Waals surface area contributed by atoms with Crippen LogP contribution in [0.4, 0.5) is 4.79 Å². The molecule has 0 aromatic heterocycles. The molecule has 5 rings (SSSR count). The number of ether oxygens (including phenoxy) is 1. The van der Waals surface area contributed by atoms with Crippen molar-refractivity contribution in [3.63, 3.8) is 0 Å². The Hall–Kier alpha value is -4.27. The van der Waals surface area contributed by atoms with Crippen LogP contribution in [0.25, 0.3) is 22.4 Å². The Morgan fingerprint density at radius 1 is 1.00 bits per heavy atom. The molecule has 1 heterocycles. The third kappa shape index (κ3) is 5.60. The van der Waals surface area contributed by atoms with Crippen LogP contribution in [-0.2, 0) is 14.3 Å². The smallest absolute Gasteiger partial charge is 0.423 e. The van der Waals surface area contributed by atoms with E-state index in [-0.39, 0.29) is 18.1 Å². The molecule has 3 aromatic carbocycles. The van der Waals surface area contributed by atoms with Crippen LogP contribution in [0, 0.1) is 23.7 Å². The van der Waals surface area contributed by atoms with Crippen LogP contribution < -0.4 is 0 Å². The number of fused-ring (bicyclic) bond motifs is 2. The van der Waals surface area contributed by atoms with Crippen molar-refractivity contribution in [1.82, 2.24) is 4.90 Å². The SMILES string of the molecule is COC(=O)N1C(=O)[C@@H]2[C@@H](CC(C(C)C)=C([C@H](O)CC/C(=C/c3ccc(O)c4ccccc34)c3ccccc3)[C@@H]2CO)C1=O. The van der Waals surface area contributed by atoms with Gasteiger partial charge in [-0.25, -0.2) is 4.79 Å². The van der Waals surface area contributed by atoms with E-state index >= 15 is 0 Å². The fourth-order valence-corrected chi connectivity index (χ4v) is 6.74. The second-order valence-corrected chi connectivity index (χ2v) is 11.6. The minimum atomic E-state index is -1.03. The normalized spacial score (nSPS) is 21.5. The van der Waals surface area contributed by atoms with Crippen LogP contribution in [0.1, 0.15) is 44.2 Å². The van der Waals surface area contributed by atoms with Gasteiger partial charge < -0.3 is 20.1 Å². The fourth-order valence-electron chi connectivity index (χ4n) is 6.74. The number of aliphatic hydroxyl groups is 2. The molecule has 0 radical (unpaired) electrons. The van der Waals surface area contributed by atoms with E-state index in [1.165, 1.54) is 0 Å². The number of phenols is 1. The van der Waals surface area contributed by atoms with Gasteiger partial charge in [0.05, 0.1) is 31.7 Å². The fraction of sp³-hybridized carbons (Fsp3) is 0.343. The summed E-state index contributed by atoms with van der Waals surface area (Å²) in [7, 11) is 1.11. The molecule has 0 bridgehead atoms. The molecule has 0 spiro atoms. The first-order valence-corrected chi connectivity index (χ1v) is 14.6. The zero-order chi connectivity index (χ0) is 30.8. The van der Waals surface area contributed by atoms with Gasteiger partial charge in [-0.05, 0) is 58.9 Å². The molecule has 1 fully saturated rings. The molecule has 3 amide bonds. The number of carbonyl (C=O) groups excluding carboxylic acids is 3. The van der Waals surface area contributed by atoms with Gasteiger partial charge in [-0.1, -0.05) is 86.2 Å². The standard InChI is InChI=1S/C35H37NO7/c1-20(2)26-18-27-32(34(41)36(33(27)40)35(42)43-3)28(19-37)31(26)30(39)16-13-22(21-9-5-4-6-10-21)17-23-14-15-29(38)25-12-8-7-11-24(23)25/h4-12,14-15,17,20,27-28,30,32,37-39H,13,16,18-19H2,1-3H3/b22-17-/t27-,28+,30-,32-/m1/s1. The summed E-state index contributed by atoms with van der Waals surface area (Å²) < 4.78 is 4.69. The van der Waals surface area contributed by atoms with Gasteiger partial charge in [-0.2, -0.15) is 4.90 Å². The maximum absolute atomic E-state index is 13.3. The minimum absolute atomic E-state index is 0.0535. The molecule has 2 aliphatic rings. The van der Waals surface area contributed by atoms with Gasteiger partial charge >= 0.3 is 6.09 Å². The predicted molar refractivity (Wildman–Crippen MR) is 163 cm³/mol. The minimum Gasteiger partial charge on any atom is -0.507 e. The topological polar surface area (TPSA) is 124 Å². The average Bonchev–Trinajstić information content (AvgIpc) is 3.28. The van der Waals surface area contributed by atoms with Gasteiger partial charge in [0.1, 0.15) is 5.75 Å². The van der Waals surface area contributed by atoms with Crippen molar-refractivity contribution >= 4 is 40.3 Å². The second-order valence-electron chi connectivity index (χ2n) is 11.6. The lowest BCUT2D eigenvalue weighted by molar-refractivity contribution is -0.137. The molecule has 224 valence electrons. The lowest BCUT2D eigenvalue weighted by Crippen LogP contribution is -2.40. The molecule has 1 saturated heterocycles. The summed E-state index contributed by atoms with van der Waals surface area (Å²) in [5.41, 5.74) is 4.29. The number of benzene rings is 3. The number of hydrogen-bond donors (Lipinski definition) is 3. The molecule has 4 atom stereocenters. The van der Waals surface area contributed by atoms with Crippen molar-refractivity contribution in [2.45, 2.75) is 39.2 Å². The highest BCUT2D eigenvalue weighted by Crippen LogP contribution is 2.48. The number of allylic oxidation sites excluding steroid dienone is 2. The van der Waals surface area contributed by atoms with E-state index in [1.807, 2.05) is 74.5 Å². The van der Waals surface area contributed by atoms with E-state index in [9.17, 15) is 29.7 Å². The van der Waals surface area contributed by atoms with Crippen LogP contribution in [0.15, 0.2) is 77.9 Å². The Labute approximate surface area is 250 Å². The number of methoxy groups -OCH3 is 1. The van der Waals surface area contributed by atoms with Crippen molar-refractivity contribution in [3.8, 4) is 5.75 Å². The van der Waals surface area contributed by atoms with E-state index in [4.69, 9.17) is 0 Å². The molecule has 1 aliphatic carbocycles. The van der Waals surface area contributed by atoms with Gasteiger partial charge in [0.15, 0.2) is 0 Å². The van der Waals surface area contributed by atoms with E-state index in [0.29, 0.717) is 23.3 Å². The number of imide groups is 3. The maximum atomic E-state index is 13.3. The first kappa shape index (κ1) is 30.2. The quantitative estimate of drug-likeness (QED) is 0.180. The molecule has 1 aliphatic heterocycles. The first-order valence-electron chi connectivity index (χ1n) is 14.6. The Morgan fingerprint density at radius 3 is 2.33 bits per heavy atom. The van der Waals surface area contributed by atoms with Crippen LogP contribution in [0.3, 0.4) is 0 Å². The molecule has 0 saturated carbocycles. The second kappa shape index (κ2) is 12.5. The predicted octanol–water partition coefficient (Wildman–Crippen LogP) is 5.56. The summed E-state index contributed by atoms with van der Waals surface area (Å²) in [6.07, 6.45) is 1.05. The lowest BCUT2D eigenvalue weighted by Gasteiger charge is -2.38. The summed E-state index contributed by atoms with van der Waals surface area (Å²) in [5, 5.41) is 34.3. The Bertz CT molecular complexity index is 1610. The third-order valence-corrected chi connectivity index (χ3v) is 8.83. The maximum Gasteiger partial charge on any atom is 0.423 e. The average molecular weight is 584 g/mol. The zero-order valence-electron chi connectivity index (χ0n) is 24.6. The molecular formula is C35H37NO7. The summed E-state index contributed by atoms with van der Waals surface area (Å²) in [6, 6.07) is 21.0. The van der Waals surface area contributed by atoms with Gasteiger partial charge in [0, 0.05) is 11.3 Å². The number of phenolic OH excluding ortho intramolecular Hbond substituents is 1. The lowest BCUT2D eigenvalue weighted by atomic mass is 9.66. The molecule has 8 heteroatoms. The third-order valence-electron chi connectivity index (χ3n) is 8.83. The number of carbonyl (C=O) groups is 3. The largest absolute Gasteiger partial charge is 0.507 e. The Kier molecular flexibility index (Phi) is 8.80. The van der Waals surface area contributed by atoms with Crippen molar-refractivity contribution in [3.05, 3.63) is 89.0 Å². The van der Waals surface area contributed by atoms with E-state index in [1.54, 1.807) is 6.07 Å². The van der Waals surface area contributed by atoms with Crippen LogP contribution in [0.2, 0.25) is 0 Å². The number of aromatic hydroxyl groups is 1. The van der Waals surface area contributed by atoms with Gasteiger partial charge in [0.25, 0.3) is 0 Å². The summed E-state index contributed by atoms with van der Waals surface area (Å²) >= 11 is 0. The number of nitrogens with zero attached hydrogens (tertiary/aromatic N) is 1. The number of likely N-dealkylation sites (tertiary alicyclic amines) is 1. The molecular weight excluding hydrogens is 546 g/mol. The highest BCUT2D eigenvalue weighted by Gasteiger charge is 2.57. The molecule has 0 unspecified atom stereocenters. The molecule has 8 nitrogen and oxygen atoms in total. The molecule has 43 heavy (non-hydrogen) atoms. The van der Waals surface area contributed by atoms with Crippen molar-refractivity contribution in [1.29, 1.82) is 0 Å². The van der Waals surface area contributed by atoms with E-state index in [0.717, 1.165) is 40.2 Å². The Balaban J connectivity index is 1.50. The van der Waals surface area contributed by atoms with Crippen LogP contribution in [0.5, 0.6) is 5.75 Å². The highest BCUT2D eigenvalue weighted by molar-refractivity contribution is 6.16. The number of aliphatic hydroxyl groups excluding tert-OH is 2.